The molecule has 1 saturated heterocycles. The van der Waals surface area contributed by atoms with Gasteiger partial charge in [-0.3, -0.25) is 14.6 Å². The van der Waals surface area contributed by atoms with Crippen molar-refractivity contribution in [1.82, 2.24) is 15.6 Å². The van der Waals surface area contributed by atoms with Crippen LogP contribution in [0, 0.1) is 5.92 Å². The number of ether oxygens (including phenoxy) is 1. The van der Waals surface area contributed by atoms with Gasteiger partial charge in [0.15, 0.2) is 0 Å². The molecular weight excluding hydrogens is 358 g/mol. The highest BCUT2D eigenvalue weighted by molar-refractivity contribution is 5.94. The number of carbonyl (C=O) groups excluding carboxylic acids is 2. The predicted molar refractivity (Wildman–Crippen MR) is 105 cm³/mol. The maximum absolute atomic E-state index is 12.3. The van der Waals surface area contributed by atoms with Crippen LogP contribution in [0.3, 0.4) is 0 Å². The lowest BCUT2D eigenvalue weighted by Gasteiger charge is -2.36. The van der Waals surface area contributed by atoms with Gasteiger partial charge in [-0.25, -0.2) is 0 Å². The fourth-order valence-electron chi connectivity index (χ4n) is 4.13. The molecule has 2 amide bonds. The maximum atomic E-state index is 12.3. The fourth-order valence-corrected chi connectivity index (χ4v) is 4.13. The molecule has 1 aliphatic heterocycles. The lowest BCUT2D eigenvalue weighted by Crippen LogP contribution is -2.51. The zero-order valence-electron chi connectivity index (χ0n) is 16.3. The summed E-state index contributed by atoms with van der Waals surface area (Å²) in [6, 6.07) is 3.02. The van der Waals surface area contributed by atoms with Crippen molar-refractivity contribution in [3.8, 4) is 0 Å². The Balaban J connectivity index is 1.43. The van der Waals surface area contributed by atoms with E-state index in [4.69, 9.17) is 4.74 Å². The van der Waals surface area contributed by atoms with E-state index >= 15 is 0 Å². The summed E-state index contributed by atoms with van der Waals surface area (Å²) in [6.45, 7) is 0.557. The molecule has 0 radical (unpaired) electrons. The smallest absolute Gasteiger partial charge is 0.251 e. The lowest BCUT2D eigenvalue weighted by atomic mass is 9.89. The van der Waals surface area contributed by atoms with Gasteiger partial charge >= 0.3 is 0 Å². The number of aliphatic hydroxyl groups is 1. The summed E-state index contributed by atoms with van der Waals surface area (Å²) in [5, 5.41) is 15.6. The van der Waals surface area contributed by atoms with Crippen molar-refractivity contribution in [2.45, 2.75) is 69.6 Å². The first-order chi connectivity index (χ1) is 13.7. The third-order valence-electron chi connectivity index (χ3n) is 5.78. The topological polar surface area (TPSA) is 101 Å². The molecule has 1 aromatic rings. The van der Waals surface area contributed by atoms with Crippen molar-refractivity contribution in [2.75, 3.05) is 13.2 Å². The van der Waals surface area contributed by atoms with E-state index in [9.17, 15) is 14.7 Å². The molecule has 7 nitrogen and oxygen atoms in total. The van der Waals surface area contributed by atoms with Gasteiger partial charge in [0.1, 0.15) is 6.10 Å². The second-order valence-electron chi connectivity index (χ2n) is 7.88. The molecule has 1 aromatic heterocycles. The highest BCUT2D eigenvalue weighted by atomic mass is 16.5. The largest absolute Gasteiger partial charge is 0.394 e. The molecule has 154 valence electrons. The predicted octanol–water partition coefficient (Wildman–Crippen LogP) is 1.81. The molecule has 0 unspecified atom stereocenters. The van der Waals surface area contributed by atoms with Crippen LogP contribution in [-0.4, -0.2) is 53.3 Å². The Morgan fingerprint density at radius 3 is 2.57 bits per heavy atom. The van der Waals surface area contributed by atoms with Gasteiger partial charge in [0.25, 0.3) is 5.91 Å². The van der Waals surface area contributed by atoms with Gasteiger partial charge < -0.3 is 20.5 Å². The highest BCUT2D eigenvalue weighted by Crippen LogP contribution is 2.24. The molecule has 0 spiro atoms. The van der Waals surface area contributed by atoms with Crippen molar-refractivity contribution >= 4 is 11.8 Å². The zero-order chi connectivity index (χ0) is 19.8. The molecule has 0 bridgehead atoms. The maximum Gasteiger partial charge on any atom is 0.251 e. The first kappa shape index (κ1) is 20.7. The number of pyridine rings is 1. The SMILES string of the molecule is O=C(C[C@@H]1CC[C@H](NC(=O)c2ccncc2)[C@H](CO)O1)NCC1CCCCC1. The average Bonchev–Trinajstić information content (AvgIpc) is 2.74. The Hall–Kier alpha value is -1.99. The van der Waals surface area contributed by atoms with Gasteiger partial charge in [0.05, 0.1) is 25.2 Å². The standard InChI is InChI=1S/C21H31N3O4/c25-14-19-18(24-21(27)16-8-10-22-11-9-16)7-6-17(28-19)12-20(26)23-13-15-4-2-1-3-5-15/h8-11,15,17-19,25H,1-7,12-14H2,(H,23,26)(H,24,27)/t17-,18-,19-/m0/s1. The quantitative estimate of drug-likeness (QED) is 0.660. The molecule has 0 aromatic carbocycles. The summed E-state index contributed by atoms with van der Waals surface area (Å²) in [5.74, 6) is 0.396. The van der Waals surface area contributed by atoms with Crippen LogP contribution in [0.2, 0.25) is 0 Å². The van der Waals surface area contributed by atoms with E-state index in [1.165, 1.54) is 32.1 Å². The molecule has 3 N–H and O–H groups in total. The Morgan fingerprint density at radius 1 is 1.11 bits per heavy atom. The Bertz CT molecular complexity index is 634. The van der Waals surface area contributed by atoms with Crippen molar-refractivity contribution in [2.24, 2.45) is 5.92 Å². The minimum Gasteiger partial charge on any atom is -0.394 e. The first-order valence-electron chi connectivity index (χ1n) is 10.4. The number of amides is 2. The fraction of sp³-hybridized carbons (Fsp3) is 0.667. The van der Waals surface area contributed by atoms with E-state index in [-0.39, 0.29) is 30.6 Å². The minimum absolute atomic E-state index is 0.00605. The summed E-state index contributed by atoms with van der Waals surface area (Å²) < 4.78 is 5.91. The Morgan fingerprint density at radius 2 is 1.86 bits per heavy atom. The van der Waals surface area contributed by atoms with Gasteiger partial charge in [-0.2, -0.15) is 0 Å². The molecule has 2 heterocycles. The molecule has 1 aliphatic carbocycles. The van der Waals surface area contributed by atoms with Crippen LogP contribution < -0.4 is 10.6 Å². The van der Waals surface area contributed by atoms with E-state index in [1.54, 1.807) is 24.5 Å². The van der Waals surface area contributed by atoms with E-state index in [2.05, 4.69) is 15.6 Å². The van der Waals surface area contributed by atoms with E-state index in [1.807, 2.05) is 0 Å². The van der Waals surface area contributed by atoms with Crippen LogP contribution in [0.15, 0.2) is 24.5 Å². The number of nitrogens with one attached hydrogen (secondary N) is 2. The lowest BCUT2D eigenvalue weighted by molar-refractivity contribution is -0.131. The molecule has 28 heavy (non-hydrogen) atoms. The first-order valence-corrected chi connectivity index (χ1v) is 10.4. The third-order valence-corrected chi connectivity index (χ3v) is 5.78. The number of rotatable bonds is 7. The molecule has 1 saturated carbocycles. The number of hydrogen-bond donors (Lipinski definition) is 3. The third kappa shape index (κ3) is 6.01. The molecule has 7 heteroatoms. The zero-order valence-corrected chi connectivity index (χ0v) is 16.3. The van der Waals surface area contributed by atoms with Gasteiger partial charge in [-0.1, -0.05) is 19.3 Å². The summed E-state index contributed by atoms with van der Waals surface area (Å²) in [5.41, 5.74) is 0.524. The van der Waals surface area contributed by atoms with Crippen molar-refractivity contribution < 1.29 is 19.4 Å². The van der Waals surface area contributed by atoms with Crippen molar-refractivity contribution in [1.29, 1.82) is 0 Å². The van der Waals surface area contributed by atoms with Crippen LogP contribution in [0.25, 0.3) is 0 Å². The highest BCUT2D eigenvalue weighted by Gasteiger charge is 2.33. The van der Waals surface area contributed by atoms with Gasteiger partial charge in [0.2, 0.25) is 5.91 Å². The monoisotopic (exact) mass is 389 g/mol. The molecule has 2 aliphatic rings. The summed E-state index contributed by atoms with van der Waals surface area (Å²) in [4.78, 5) is 28.5. The van der Waals surface area contributed by atoms with Crippen LogP contribution in [-0.2, 0) is 9.53 Å². The van der Waals surface area contributed by atoms with Crippen molar-refractivity contribution in [3.05, 3.63) is 30.1 Å². The molecule has 3 rings (SSSR count). The summed E-state index contributed by atoms with van der Waals surface area (Å²) in [7, 11) is 0. The molecule has 2 fully saturated rings. The normalized spacial score (nSPS) is 25.8. The number of aliphatic hydroxyl groups excluding tert-OH is 1. The number of aromatic nitrogens is 1. The van der Waals surface area contributed by atoms with Crippen molar-refractivity contribution in [3.63, 3.8) is 0 Å². The van der Waals surface area contributed by atoms with Gasteiger partial charge in [-0.15, -0.1) is 0 Å². The Labute approximate surface area is 166 Å². The number of hydrogen-bond acceptors (Lipinski definition) is 5. The molecule has 3 atom stereocenters. The summed E-state index contributed by atoms with van der Waals surface area (Å²) in [6.07, 6.45) is 10.3. The van der Waals surface area contributed by atoms with Gasteiger partial charge in [0, 0.05) is 24.5 Å². The second-order valence-corrected chi connectivity index (χ2v) is 7.88. The Kier molecular flexibility index (Phi) is 7.80. The van der Waals surface area contributed by atoms with Crippen LogP contribution in [0.4, 0.5) is 0 Å². The molecular formula is C21H31N3O4. The van der Waals surface area contributed by atoms with Crippen LogP contribution in [0.5, 0.6) is 0 Å². The van der Waals surface area contributed by atoms with Crippen LogP contribution >= 0.6 is 0 Å². The van der Waals surface area contributed by atoms with E-state index in [0.717, 1.165) is 6.54 Å². The summed E-state index contributed by atoms with van der Waals surface area (Å²) >= 11 is 0. The number of nitrogens with zero attached hydrogens (tertiary/aromatic N) is 1. The van der Waals surface area contributed by atoms with Crippen LogP contribution in [0.1, 0.15) is 61.7 Å². The van der Waals surface area contributed by atoms with E-state index < -0.39 is 6.10 Å². The second kappa shape index (κ2) is 10.5. The minimum atomic E-state index is -0.504. The average molecular weight is 389 g/mol. The van der Waals surface area contributed by atoms with Gasteiger partial charge in [-0.05, 0) is 43.7 Å². The number of carbonyl (C=O) groups is 2. The van der Waals surface area contributed by atoms with E-state index in [0.29, 0.717) is 30.7 Å².